The van der Waals surface area contributed by atoms with Crippen LogP contribution >= 0.6 is 0 Å². The predicted molar refractivity (Wildman–Crippen MR) is 207 cm³/mol. The van der Waals surface area contributed by atoms with E-state index in [1.54, 1.807) is 0 Å². The molecule has 5 heterocycles. The summed E-state index contributed by atoms with van der Waals surface area (Å²) in [5, 5.41) is -1.92. The molecule has 7 aromatic rings. The second kappa shape index (κ2) is 15.4. The standard InChI is InChI=1S/C36H12F12N8O8S4.Cu/c37-33(38,39)65(57,58)13-1-5-17-21(9-13)29-50-25(17)49-26-18-6-2-14(66(59,60)34(40,41)42)10-22(18)30(51-26)53-28-20-8-4-16(68(63,64)36(46,47)48)12-24(20)32(55-28)56-31-23-11-15(67(61,62)35(43,44)45)3-7-19(23)27(52-29)54-31;/h1-12H;/q-2;+2. The predicted octanol–water partition coefficient (Wildman–Crippen LogP) is 7.30. The molecule has 0 fully saturated rings. The number of rotatable bonds is 4. The van der Waals surface area contributed by atoms with Crippen LogP contribution in [0.1, 0.15) is 0 Å². The van der Waals surface area contributed by atoms with Gasteiger partial charge in [0.25, 0.3) is 39.3 Å². The van der Waals surface area contributed by atoms with Gasteiger partial charge < -0.3 is 29.9 Å². The van der Waals surface area contributed by atoms with Gasteiger partial charge in [0.1, 0.15) is 0 Å². The minimum Gasteiger partial charge on any atom is -0.357 e. The third-order valence-corrected chi connectivity index (χ3v) is 16.0. The zero-order valence-electron chi connectivity index (χ0n) is 32.2. The first-order chi connectivity index (χ1) is 31.2. The van der Waals surface area contributed by atoms with Crippen molar-refractivity contribution in [2.45, 2.75) is 41.6 Å². The molecule has 1 radical (unpaired) electrons. The Morgan fingerprint density at radius 1 is 0.319 bits per heavy atom. The first-order valence-electron chi connectivity index (χ1n) is 17.8. The number of aromatic nitrogens is 8. The van der Waals surface area contributed by atoms with Crippen molar-refractivity contribution < 1.29 is 103 Å². The minimum atomic E-state index is -6.18. The van der Waals surface area contributed by atoms with Crippen LogP contribution in [0.5, 0.6) is 0 Å². The van der Waals surface area contributed by atoms with Crippen LogP contribution in [-0.4, -0.2) is 85.6 Å². The number of halogens is 12. The molecule has 33 heteroatoms. The summed E-state index contributed by atoms with van der Waals surface area (Å²) in [6.45, 7) is 0. The molecule has 0 saturated carbocycles. The Morgan fingerprint density at radius 2 is 0.565 bits per heavy atom. The molecule has 0 aliphatic carbocycles. The number of nitrogens with zero attached hydrogens (tertiary/aromatic N) is 8. The molecule has 8 bridgehead atoms. The fraction of sp³-hybridized carbons (Fsp3) is 0.111. The van der Waals surface area contributed by atoms with Crippen molar-refractivity contribution in [2.24, 2.45) is 0 Å². The van der Waals surface area contributed by atoms with Crippen molar-refractivity contribution >= 4 is 83.5 Å². The number of benzene rings is 4. The van der Waals surface area contributed by atoms with E-state index in [9.17, 15) is 86.4 Å². The van der Waals surface area contributed by atoms with Crippen molar-refractivity contribution in [1.82, 2.24) is 39.9 Å². The molecule has 16 nitrogen and oxygen atoms in total. The molecule has 4 aromatic carbocycles. The number of sulfone groups is 4. The molecule has 0 atom stereocenters. The summed E-state index contributed by atoms with van der Waals surface area (Å²) in [6.07, 6.45) is 0. The van der Waals surface area contributed by atoms with Crippen LogP contribution in [0.3, 0.4) is 0 Å². The van der Waals surface area contributed by atoms with E-state index in [0.29, 0.717) is 48.5 Å². The second-order valence-corrected chi connectivity index (χ2v) is 21.9. The van der Waals surface area contributed by atoms with Gasteiger partial charge in [0.15, 0.2) is 0 Å². The van der Waals surface area contributed by atoms with Crippen molar-refractivity contribution in [3.05, 3.63) is 72.8 Å². The molecule has 0 spiro atoms. The van der Waals surface area contributed by atoms with Gasteiger partial charge in [-0.15, -0.1) is 0 Å². The van der Waals surface area contributed by atoms with Gasteiger partial charge in [-0.05, 0) is 70.1 Å². The Balaban J connectivity index is 0.00000642. The fourth-order valence-electron chi connectivity index (χ4n) is 6.78. The normalized spacial score (nSPS) is 13.9. The number of hydrogen-bond donors (Lipinski definition) is 0. The second-order valence-electron chi connectivity index (χ2n) is 14.1. The maximum Gasteiger partial charge on any atom is 2.00 e. The number of fused-ring (bicyclic) bond motifs is 20. The van der Waals surface area contributed by atoms with Gasteiger partial charge in [-0.1, -0.05) is 24.3 Å². The van der Waals surface area contributed by atoms with Gasteiger partial charge >= 0.3 is 39.1 Å². The Morgan fingerprint density at radius 3 is 0.855 bits per heavy atom. The number of alkyl halides is 12. The SMILES string of the molecule is O=S(=O)(c1ccc2c(c1)-c1nc-2nc2[n-]c(nc3nc(nc4[n-]c(n1)c1ccc(S(=O)(=O)C(F)(F)F)cc41)-c1cc(S(=O)(=O)C(F)(F)F)ccc1-3)c1cc(S(=O)(=O)C(F)(F)F)ccc21)C(F)(F)F.[Cu+2]. The van der Waals surface area contributed by atoms with Crippen molar-refractivity contribution in [1.29, 1.82) is 0 Å². The molecule has 3 aromatic heterocycles. The molecule has 0 unspecified atom stereocenters. The summed E-state index contributed by atoms with van der Waals surface area (Å²) in [4.78, 5) is 27.6. The smallest absolute Gasteiger partial charge is 0.357 e. The molecular weight excluding hydrogens is 1090 g/mol. The van der Waals surface area contributed by atoms with E-state index < -0.39 is 160 Å². The first kappa shape index (κ1) is 49.2. The maximum absolute atomic E-state index is 13.8. The molecule has 0 saturated heterocycles. The van der Waals surface area contributed by atoms with Gasteiger partial charge in [-0.3, -0.25) is 0 Å². The largest absolute Gasteiger partial charge is 2.00 e. The van der Waals surface area contributed by atoms with E-state index in [4.69, 9.17) is 0 Å². The maximum atomic E-state index is 13.8. The molecule has 2 aliphatic rings. The molecule has 363 valence electrons. The van der Waals surface area contributed by atoms with Gasteiger partial charge in [0.2, 0.25) is 0 Å². The van der Waals surface area contributed by atoms with E-state index in [-0.39, 0.29) is 28.0 Å². The van der Waals surface area contributed by atoms with E-state index >= 15 is 0 Å². The summed E-state index contributed by atoms with van der Waals surface area (Å²) in [7, 11) is -24.6. The molecule has 2 aliphatic heterocycles. The van der Waals surface area contributed by atoms with Crippen LogP contribution in [0.15, 0.2) is 92.4 Å². The molecule has 9 rings (SSSR count). The summed E-state index contributed by atoms with van der Waals surface area (Å²) >= 11 is 0. The van der Waals surface area contributed by atoms with Gasteiger partial charge in [0.05, 0.1) is 42.9 Å². The van der Waals surface area contributed by atoms with E-state index in [1.807, 2.05) is 0 Å². The van der Waals surface area contributed by atoms with Crippen LogP contribution < -0.4 is 9.97 Å². The van der Waals surface area contributed by atoms with E-state index in [2.05, 4.69) is 39.9 Å². The first-order valence-corrected chi connectivity index (χ1v) is 23.7. The number of hydrogen-bond acceptors (Lipinski definition) is 14. The summed E-state index contributed by atoms with van der Waals surface area (Å²) in [6, 6.07) is 6.56. The summed E-state index contributed by atoms with van der Waals surface area (Å²) in [5.41, 5.74) is -28.4. The zero-order chi connectivity index (χ0) is 49.7. The Kier molecular flexibility index (Phi) is 10.9. The van der Waals surface area contributed by atoms with Crippen molar-refractivity contribution in [3.8, 4) is 45.6 Å². The van der Waals surface area contributed by atoms with Gasteiger partial charge in [-0.2, -0.15) is 52.7 Å². The molecule has 0 amide bonds. The quantitative estimate of drug-likeness (QED) is 0.124. The van der Waals surface area contributed by atoms with Crippen molar-refractivity contribution in [2.75, 3.05) is 0 Å². The van der Waals surface area contributed by atoms with E-state index in [0.717, 1.165) is 24.3 Å². The molecule has 69 heavy (non-hydrogen) atoms. The third-order valence-electron chi connectivity index (χ3n) is 10.0. The van der Waals surface area contributed by atoms with Crippen LogP contribution in [0.4, 0.5) is 52.7 Å². The topological polar surface area (TPSA) is 242 Å². The van der Waals surface area contributed by atoms with Crippen LogP contribution in [0.25, 0.3) is 89.7 Å². The summed E-state index contributed by atoms with van der Waals surface area (Å²) in [5.74, 6) is -2.86. The van der Waals surface area contributed by atoms with Gasteiger partial charge in [0, 0.05) is 44.8 Å². The van der Waals surface area contributed by atoms with Gasteiger partial charge in [-0.25, -0.2) is 43.6 Å². The average molecular weight is 1100 g/mol. The molecule has 0 N–H and O–H groups in total. The fourth-order valence-corrected chi connectivity index (χ4v) is 9.93. The Labute approximate surface area is 385 Å². The summed E-state index contributed by atoms with van der Waals surface area (Å²) < 4.78 is 266. The monoisotopic (exact) mass is 1100 g/mol. The van der Waals surface area contributed by atoms with E-state index in [1.165, 1.54) is 0 Å². The molecular formula is C36H12CuF12N8O8S4. The van der Waals surface area contributed by atoms with Crippen molar-refractivity contribution in [3.63, 3.8) is 0 Å². The zero-order valence-corrected chi connectivity index (χ0v) is 36.4. The minimum absolute atomic E-state index is 0. The Hall–Kier alpha value is -6.28. The average Bonchev–Trinajstić information content (AvgIpc) is 3.96. The van der Waals surface area contributed by atoms with Crippen LogP contribution in [0.2, 0.25) is 0 Å². The van der Waals surface area contributed by atoms with Crippen LogP contribution in [0, 0.1) is 0 Å². The third kappa shape index (κ3) is 7.64. The Bertz CT molecular complexity index is 4070. The van der Waals surface area contributed by atoms with Crippen LogP contribution in [-0.2, 0) is 56.4 Å².